The van der Waals surface area contributed by atoms with Crippen LogP contribution in [0, 0.1) is 0 Å². The fourth-order valence-corrected chi connectivity index (χ4v) is 3.68. The third-order valence-electron chi connectivity index (χ3n) is 4.42. The van der Waals surface area contributed by atoms with E-state index in [9.17, 15) is 9.59 Å². The second kappa shape index (κ2) is 5.01. The van der Waals surface area contributed by atoms with Gasteiger partial charge in [-0.15, -0.1) is 0 Å². The number of rotatable bonds is 2. The lowest BCUT2D eigenvalue weighted by Gasteiger charge is -2.32. The molecule has 0 bridgehead atoms. The number of imide groups is 1. The Bertz CT molecular complexity index is 971. The number of carbonyl (C=O) groups excluding carboxylic acids is 2. The Hall–Kier alpha value is -2.47. The predicted octanol–water partition coefficient (Wildman–Crippen LogP) is 3.63. The predicted molar refractivity (Wildman–Crippen MR) is 92.9 cm³/mol. The second-order valence-corrected chi connectivity index (χ2v) is 7.10. The minimum absolute atomic E-state index is 0.285. The number of pyridine rings is 1. The Labute approximate surface area is 147 Å². The molecule has 0 radical (unpaired) electrons. The molecule has 1 aromatic carbocycles. The van der Waals surface area contributed by atoms with Crippen LogP contribution in [0.3, 0.4) is 0 Å². The maximum Gasteiger partial charge on any atom is 0.262 e. The largest absolute Gasteiger partial charge is 0.301 e. The summed E-state index contributed by atoms with van der Waals surface area (Å²) in [6, 6.07) is 10.7. The molecule has 0 saturated heterocycles. The van der Waals surface area contributed by atoms with Crippen LogP contribution in [0.1, 0.15) is 40.4 Å². The van der Waals surface area contributed by atoms with Gasteiger partial charge < -0.3 is 4.40 Å². The summed E-state index contributed by atoms with van der Waals surface area (Å²) in [6.45, 7) is 3.68. The Morgan fingerprint density at radius 2 is 1.62 bits per heavy atom. The maximum atomic E-state index is 12.8. The number of amides is 2. The molecule has 5 nitrogen and oxygen atoms in total. The molecule has 120 valence electrons. The highest BCUT2D eigenvalue weighted by Crippen LogP contribution is 2.36. The van der Waals surface area contributed by atoms with E-state index < -0.39 is 5.54 Å². The van der Waals surface area contributed by atoms with Crippen LogP contribution in [0.15, 0.2) is 53.3 Å². The van der Waals surface area contributed by atoms with Gasteiger partial charge in [0, 0.05) is 10.7 Å². The molecule has 24 heavy (non-hydrogen) atoms. The van der Waals surface area contributed by atoms with Crippen LogP contribution in [0.25, 0.3) is 5.52 Å². The standard InChI is InChI=1S/C18H14BrN3O2/c1-18(2,17-20-10-14-13(19)8-5-9-21(14)17)22-15(23)11-6-3-4-7-12(11)16(22)24/h3-10H,1-2H3. The van der Waals surface area contributed by atoms with Gasteiger partial charge in [0.15, 0.2) is 0 Å². The van der Waals surface area contributed by atoms with Gasteiger partial charge in [-0.1, -0.05) is 12.1 Å². The molecule has 0 spiro atoms. The van der Waals surface area contributed by atoms with E-state index >= 15 is 0 Å². The van der Waals surface area contributed by atoms with Crippen molar-refractivity contribution < 1.29 is 9.59 Å². The SMILES string of the molecule is CC(C)(c1ncc2c(Br)cccn12)N1C(=O)c2ccccc2C1=O. The zero-order valence-corrected chi connectivity index (χ0v) is 14.7. The van der Waals surface area contributed by atoms with Crippen molar-refractivity contribution in [1.29, 1.82) is 0 Å². The molecule has 1 aliphatic heterocycles. The minimum atomic E-state index is -0.888. The monoisotopic (exact) mass is 383 g/mol. The van der Waals surface area contributed by atoms with Crippen LogP contribution < -0.4 is 0 Å². The lowest BCUT2D eigenvalue weighted by atomic mass is 10.0. The lowest BCUT2D eigenvalue weighted by molar-refractivity contribution is 0.0460. The quantitative estimate of drug-likeness (QED) is 0.634. The van der Waals surface area contributed by atoms with Crippen LogP contribution in [0.4, 0.5) is 0 Å². The lowest BCUT2D eigenvalue weighted by Crippen LogP contribution is -2.46. The van der Waals surface area contributed by atoms with Crippen molar-refractivity contribution in [2.45, 2.75) is 19.4 Å². The number of imidazole rings is 1. The smallest absolute Gasteiger partial charge is 0.262 e. The van der Waals surface area contributed by atoms with Gasteiger partial charge in [0.2, 0.25) is 0 Å². The van der Waals surface area contributed by atoms with Crippen molar-refractivity contribution in [3.63, 3.8) is 0 Å². The summed E-state index contributed by atoms with van der Waals surface area (Å²) in [7, 11) is 0. The van der Waals surface area contributed by atoms with Gasteiger partial charge in [-0.25, -0.2) is 4.98 Å². The summed E-state index contributed by atoms with van der Waals surface area (Å²) in [5.41, 5.74) is 0.882. The number of carbonyl (C=O) groups is 2. The van der Waals surface area contributed by atoms with Gasteiger partial charge in [0.1, 0.15) is 11.4 Å². The van der Waals surface area contributed by atoms with E-state index in [1.165, 1.54) is 4.90 Å². The molecule has 0 atom stereocenters. The van der Waals surface area contributed by atoms with Gasteiger partial charge in [0.05, 0.1) is 22.8 Å². The fraction of sp³-hybridized carbons (Fsp3) is 0.167. The first-order chi connectivity index (χ1) is 11.4. The molecule has 4 rings (SSSR count). The molecular weight excluding hydrogens is 370 g/mol. The van der Waals surface area contributed by atoms with Crippen molar-refractivity contribution in [2.75, 3.05) is 0 Å². The molecule has 0 saturated carbocycles. The number of hydrogen-bond acceptors (Lipinski definition) is 3. The van der Waals surface area contributed by atoms with Crippen LogP contribution >= 0.6 is 15.9 Å². The highest BCUT2D eigenvalue weighted by Gasteiger charge is 2.46. The van der Waals surface area contributed by atoms with E-state index in [1.54, 1.807) is 30.5 Å². The molecule has 6 heteroatoms. The highest BCUT2D eigenvalue weighted by atomic mass is 79.9. The van der Waals surface area contributed by atoms with Crippen LogP contribution in [-0.2, 0) is 5.54 Å². The summed E-state index contributed by atoms with van der Waals surface area (Å²) in [5, 5.41) is 0. The van der Waals surface area contributed by atoms with E-state index in [0.717, 1.165) is 9.99 Å². The minimum Gasteiger partial charge on any atom is -0.301 e. The first kappa shape index (κ1) is 15.1. The van der Waals surface area contributed by atoms with E-state index in [0.29, 0.717) is 17.0 Å². The zero-order chi connectivity index (χ0) is 17.1. The number of halogens is 1. The Kier molecular flexibility index (Phi) is 3.15. The molecule has 0 unspecified atom stereocenters. The zero-order valence-electron chi connectivity index (χ0n) is 13.2. The normalized spacial score (nSPS) is 14.5. The van der Waals surface area contributed by atoms with Gasteiger partial charge in [-0.2, -0.15) is 0 Å². The first-order valence-electron chi connectivity index (χ1n) is 7.53. The van der Waals surface area contributed by atoms with Crippen molar-refractivity contribution in [3.8, 4) is 0 Å². The summed E-state index contributed by atoms with van der Waals surface area (Å²) in [4.78, 5) is 31.4. The number of benzene rings is 1. The van der Waals surface area contributed by atoms with Gasteiger partial charge in [-0.05, 0) is 54.0 Å². The van der Waals surface area contributed by atoms with E-state index in [4.69, 9.17) is 0 Å². The second-order valence-electron chi connectivity index (χ2n) is 6.24. The van der Waals surface area contributed by atoms with E-state index in [1.807, 2.05) is 36.6 Å². The van der Waals surface area contributed by atoms with Crippen LogP contribution in [-0.4, -0.2) is 26.1 Å². The third-order valence-corrected chi connectivity index (χ3v) is 5.09. The Morgan fingerprint density at radius 1 is 1.00 bits per heavy atom. The first-order valence-corrected chi connectivity index (χ1v) is 8.32. The van der Waals surface area contributed by atoms with Gasteiger partial charge in [-0.3, -0.25) is 14.5 Å². The summed E-state index contributed by atoms with van der Waals surface area (Å²) in [5.74, 6) is 0.0630. The molecule has 0 aliphatic carbocycles. The fourth-order valence-electron chi connectivity index (χ4n) is 3.24. The molecule has 2 aromatic heterocycles. The molecular formula is C18H14BrN3O2. The molecule has 3 heterocycles. The average Bonchev–Trinajstić information content (AvgIpc) is 3.10. The van der Waals surface area contributed by atoms with Crippen molar-refractivity contribution in [3.05, 3.63) is 70.2 Å². The Balaban J connectivity index is 1.88. The average molecular weight is 384 g/mol. The molecule has 3 aromatic rings. The molecule has 2 amide bonds. The molecule has 0 N–H and O–H groups in total. The summed E-state index contributed by atoms with van der Waals surface area (Å²) < 4.78 is 2.80. The molecule has 0 fully saturated rings. The van der Waals surface area contributed by atoms with Crippen LogP contribution in [0.2, 0.25) is 0 Å². The van der Waals surface area contributed by atoms with Gasteiger partial charge >= 0.3 is 0 Å². The topological polar surface area (TPSA) is 54.7 Å². The molecule has 1 aliphatic rings. The highest BCUT2D eigenvalue weighted by molar-refractivity contribution is 9.10. The number of hydrogen-bond donors (Lipinski definition) is 0. The van der Waals surface area contributed by atoms with Crippen molar-refractivity contribution in [2.24, 2.45) is 0 Å². The number of fused-ring (bicyclic) bond motifs is 2. The maximum absolute atomic E-state index is 12.8. The van der Waals surface area contributed by atoms with Crippen molar-refractivity contribution >= 4 is 33.3 Å². The van der Waals surface area contributed by atoms with Crippen molar-refractivity contribution in [1.82, 2.24) is 14.3 Å². The van der Waals surface area contributed by atoms with Gasteiger partial charge in [0.25, 0.3) is 11.8 Å². The Morgan fingerprint density at radius 3 is 2.25 bits per heavy atom. The van der Waals surface area contributed by atoms with Crippen LogP contribution in [0.5, 0.6) is 0 Å². The number of nitrogens with zero attached hydrogens (tertiary/aromatic N) is 3. The summed E-state index contributed by atoms with van der Waals surface area (Å²) >= 11 is 3.50. The summed E-state index contributed by atoms with van der Waals surface area (Å²) in [6.07, 6.45) is 3.61. The van der Waals surface area contributed by atoms with E-state index in [2.05, 4.69) is 20.9 Å². The van der Waals surface area contributed by atoms with E-state index in [-0.39, 0.29) is 11.8 Å². The number of aromatic nitrogens is 2. The third kappa shape index (κ3) is 1.89.